The summed E-state index contributed by atoms with van der Waals surface area (Å²) in [5.41, 5.74) is 1.28. The molecule has 0 fully saturated rings. The number of rotatable bonds is 3. The first-order valence-corrected chi connectivity index (χ1v) is 7.66. The molecule has 0 radical (unpaired) electrons. The summed E-state index contributed by atoms with van der Waals surface area (Å²) >= 11 is 1.81. The average molecular weight is 413 g/mol. The Morgan fingerprint density at radius 3 is 2.52 bits per heavy atom. The first-order chi connectivity index (χ1) is 9.54. The van der Waals surface area contributed by atoms with Gasteiger partial charge >= 0.3 is 0 Å². The van der Waals surface area contributed by atoms with Crippen molar-refractivity contribution in [2.75, 3.05) is 39.1 Å². The molecule has 112 valence electrons. The Bertz CT molecular complexity index is 579. The van der Waals surface area contributed by atoms with Crippen molar-refractivity contribution in [1.29, 1.82) is 0 Å². The molecule has 0 N–H and O–H groups in total. The van der Waals surface area contributed by atoms with E-state index in [2.05, 4.69) is 61.4 Å². The molecule has 2 aromatic rings. The van der Waals surface area contributed by atoms with Crippen LogP contribution < -0.4 is 28.9 Å². The maximum Gasteiger partial charge on any atom is 0.147 e. The third-order valence-corrected chi connectivity index (χ3v) is 4.48. The molecule has 5 heteroatoms. The van der Waals surface area contributed by atoms with E-state index in [0.29, 0.717) is 0 Å². The van der Waals surface area contributed by atoms with Gasteiger partial charge in [-0.1, -0.05) is 23.9 Å². The summed E-state index contributed by atoms with van der Waals surface area (Å²) in [6.07, 6.45) is 1.88. The van der Waals surface area contributed by atoms with Crippen LogP contribution >= 0.6 is 11.8 Å². The molecule has 0 bridgehead atoms. The number of benzene rings is 1. The van der Waals surface area contributed by atoms with Crippen LogP contribution in [0.4, 0.5) is 11.5 Å². The van der Waals surface area contributed by atoms with Crippen LogP contribution in [-0.2, 0) is 0 Å². The second-order valence-electron chi connectivity index (χ2n) is 6.06. The van der Waals surface area contributed by atoms with Gasteiger partial charge in [-0.3, -0.25) is 0 Å². The lowest BCUT2D eigenvalue weighted by molar-refractivity contribution is -0.868. The molecule has 1 aromatic heterocycles. The van der Waals surface area contributed by atoms with Gasteiger partial charge in [-0.05, 0) is 24.3 Å². The van der Waals surface area contributed by atoms with Gasteiger partial charge in [0, 0.05) is 11.1 Å². The zero-order chi connectivity index (χ0) is 14.2. The van der Waals surface area contributed by atoms with Gasteiger partial charge in [0.25, 0.3) is 0 Å². The first-order valence-electron chi connectivity index (χ1n) is 6.84. The second-order valence-corrected chi connectivity index (χ2v) is 7.14. The molecule has 0 saturated carbocycles. The number of quaternary nitrogens is 1. The van der Waals surface area contributed by atoms with Crippen LogP contribution in [0.1, 0.15) is 0 Å². The van der Waals surface area contributed by atoms with Crippen LogP contribution in [0.3, 0.4) is 0 Å². The molecule has 0 spiro atoms. The van der Waals surface area contributed by atoms with E-state index < -0.39 is 0 Å². The largest absolute Gasteiger partial charge is 1.00 e. The summed E-state index contributed by atoms with van der Waals surface area (Å²) in [4.78, 5) is 9.51. The number of anilines is 2. The Morgan fingerprint density at radius 1 is 1.05 bits per heavy atom. The van der Waals surface area contributed by atoms with Crippen molar-refractivity contribution in [3.63, 3.8) is 0 Å². The standard InChI is InChI=1S/C16H20N3S.HI/c1-19(2,3)12-11-18-13-7-4-5-8-14(13)20-15-9-6-10-17-16(15)18;/h4-10H,11-12H2,1-3H3;1H/q+1;/p-1. The Morgan fingerprint density at radius 2 is 1.76 bits per heavy atom. The molecule has 0 amide bonds. The third-order valence-electron chi connectivity index (χ3n) is 3.38. The quantitative estimate of drug-likeness (QED) is 0.536. The summed E-state index contributed by atoms with van der Waals surface area (Å²) < 4.78 is 0.952. The van der Waals surface area contributed by atoms with Crippen LogP contribution in [0.25, 0.3) is 0 Å². The van der Waals surface area contributed by atoms with Crippen LogP contribution in [0.5, 0.6) is 0 Å². The number of likely N-dealkylation sites (N-methyl/N-ethyl adjacent to an activating group) is 1. The van der Waals surface area contributed by atoms with Crippen molar-refractivity contribution >= 4 is 23.3 Å². The van der Waals surface area contributed by atoms with Gasteiger partial charge in [0.1, 0.15) is 5.82 Å². The molecule has 2 heterocycles. The van der Waals surface area contributed by atoms with Gasteiger partial charge in [-0.2, -0.15) is 0 Å². The topological polar surface area (TPSA) is 16.1 Å². The Hall–Kier alpha value is -0.790. The van der Waals surface area contributed by atoms with Gasteiger partial charge in [0.2, 0.25) is 0 Å². The van der Waals surface area contributed by atoms with Gasteiger partial charge < -0.3 is 33.4 Å². The number of para-hydroxylation sites is 1. The van der Waals surface area contributed by atoms with Crippen LogP contribution in [-0.4, -0.2) is 43.7 Å². The molecule has 1 aliphatic heterocycles. The molecular weight excluding hydrogens is 393 g/mol. The van der Waals surface area contributed by atoms with Crippen molar-refractivity contribution in [2.24, 2.45) is 0 Å². The summed E-state index contributed by atoms with van der Waals surface area (Å²) in [6, 6.07) is 12.8. The van der Waals surface area contributed by atoms with E-state index in [1.807, 2.05) is 24.0 Å². The molecule has 0 saturated heterocycles. The second kappa shape index (κ2) is 6.54. The number of pyridine rings is 1. The van der Waals surface area contributed by atoms with Crippen molar-refractivity contribution in [3.8, 4) is 0 Å². The van der Waals surface area contributed by atoms with Crippen molar-refractivity contribution in [2.45, 2.75) is 9.79 Å². The van der Waals surface area contributed by atoms with E-state index in [4.69, 9.17) is 0 Å². The van der Waals surface area contributed by atoms with Gasteiger partial charge in [0.15, 0.2) is 0 Å². The molecule has 3 rings (SSSR count). The zero-order valence-electron chi connectivity index (χ0n) is 12.6. The Labute approximate surface area is 148 Å². The highest BCUT2D eigenvalue weighted by atomic mass is 127. The molecule has 1 aliphatic rings. The van der Waals surface area contributed by atoms with Crippen LogP contribution in [0.15, 0.2) is 52.4 Å². The number of nitrogens with zero attached hydrogens (tertiary/aromatic N) is 3. The van der Waals surface area contributed by atoms with Crippen LogP contribution in [0, 0.1) is 0 Å². The monoisotopic (exact) mass is 413 g/mol. The fourth-order valence-corrected chi connectivity index (χ4v) is 3.36. The van der Waals surface area contributed by atoms with E-state index in [0.717, 1.165) is 23.4 Å². The van der Waals surface area contributed by atoms with Crippen LogP contribution in [0.2, 0.25) is 0 Å². The molecule has 0 atom stereocenters. The van der Waals surface area contributed by atoms with E-state index in [9.17, 15) is 0 Å². The molecular formula is C16H20IN3S. The van der Waals surface area contributed by atoms with Gasteiger partial charge in [-0.25, -0.2) is 4.98 Å². The zero-order valence-corrected chi connectivity index (χ0v) is 15.6. The minimum Gasteiger partial charge on any atom is -1.00 e. The van der Waals surface area contributed by atoms with Crippen molar-refractivity contribution in [3.05, 3.63) is 42.6 Å². The van der Waals surface area contributed by atoms with E-state index in [1.165, 1.54) is 15.5 Å². The third kappa shape index (κ3) is 3.70. The number of halogens is 1. The van der Waals surface area contributed by atoms with E-state index in [1.54, 1.807) is 0 Å². The fraction of sp³-hybridized carbons (Fsp3) is 0.312. The molecule has 0 unspecified atom stereocenters. The molecule has 0 aliphatic carbocycles. The number of hydrogen-bond donors (Lipinski definition) is 0. The molecule has 1 aromatic carbocycles. The number of aromatic nitrogens is 1. The predicted octanol–water partition coefficient (Wildman–Crippen LogP) is 0.394. The minimum absolute atomic E-state index is 0. The first kappa shape index (κ1) is 16.6. The Kier molecular flexibility index (Phi) is 5.16. The van der Waals surface area contributed by atoms with E-state index >= 15 is 0 Å². The smallest absolute Gasteiger partial charge is 0.147 e. The highest BCUT2D eigenvalue weighted by Crippen LogP contribution is 2.46. The van der Waals surface area contributed by atoms with Gasteiger partial charge in [0.05, 0.1) is 44.8 Å². The highest BCUT2D eigenvalue weighted by molar-refractivity contribution is 7.99. The maximum absolute atomic E-state index is 4.60. The lowest BCUT2D eigenvalue weighted by Gasteiger charge is -2.34. The molecule has 3 nitrogen and oxygen atoms in total. The molecule has 21 heavy (non-hydrogen) atoms. The number of fused-ring (bicyclic) bond motifs is 2. The summed E-state index contributed by atoms with van der Waals surface area (Å²) in [6.45, 7) is 2.06. The highest BCUT2D eigenvalue weighted by Gasteiger charge is 2.25. The Balaban J connectivity index is 0.00000161. The fourth-order valence-electron chi connectivity index (χ4n) is 2.29. The van der Waals surface area contributed by atoms with Crippen molar-refractivity contribution < 1.29 is 28.5 Å². The normalized spacial score (nSPS) is 13.2. The minimum atomic E-state index is 0. The predicted molar refractivity (Wildman–Crippen MR) is 84.7 cm³/mol. The SMILES string of the molecule is C[N+](C)(C)CCN1c2ccccc2Sc2cccnc21.[I-]. The maximum atomic E-state index is 4.60. The summed E-state index contributed by atoms with van der Waals surface area (Å²) in [5, 5.41) is 0. The summed E-state index contributed by atoms with van der Waals surface area (Å²) in [5.74, 6) is 1.09. The number of hydrogen-bond acceptors (Lipinski definition) is 3. The summed E-state index contributed by atoms with van der Waals surface area (Å²) in [7, 11) is 6.68. The average Bonchev–Trinajstić information content (AvgIpc) is 2.42. The van der Waals surface area contributed by atoms with E-state index in [-0.39, 0.29) is 24.0 Å². The van der Waals surface area contributed by atoms with Crippen molar-refractivity contribution in [1.82, 2.24) is 4.98 Å². The lowest BCUT2D eigenvalue weighted by atomic mass is 10.2. The van der Waals surface area contributed by atoms with Gasteiger partial charge in [-0.15, -0.1) is 0 Å². The lowest BCUT2D eigenvalue weighted by Crippen LogP contribution is -3.00.